The number of carbonyl (C=O) groups is 2. The van der Waals surface area contributed by atoms with Gasteiger partial charge in [0, 0.05) is 23.5 Å². The molecule has 1 aliphatic heterocycles. The molecule has 0 aromatic heterocycles. The minimum absolute atomic E-state index is 0.104. The van der Waals surface area contributed by atoms with E-state index in [1.54, 1.807) is 17.0 Å². The number of carbonyl (C=O) groups excluding carboxylic acids is 1. The Morgan fingerprint density at radius 3 is 2.29 bits per heavy atom. The molecule has 1 aromatic carbocycles. The van der Waals surface area contributed by atoms with E-state index in [2.05, 4.69) is 26.1 Å². The van der Waals surface area contributed by atoms with Crippen molar-refractivity contribution in [1.29, 1.82) is 0 Å². The molecule has 3 N–H and O–H groups in total. The number of rotatable bonds is 6. The lowest BCUT2D eigenvalue weighted by molar-refractivity contribution is -0.155. The van der Waals surface area contributed by atoms with Gasteiger partial charge < -0.3 is 20.4 Å². The standard InChI is InChI=1S/C24H37ClN2O4/c1-16(11-12-22(2,3)4)19(26-21(29)30)20(28)27-14-13-24(31,23(5,6)15-27)17-7-9-18(25)10-8-17/h7-10,16,19,26,31H,11-15H2,1-6H3,(H,29,30)/t16-,19+,24-/m0/s1. The highest BCUT2D eigenvalue weighted by atomic mass is 35.5. The highest BCUT2D eigenvalue weighted by molar-refractivity contribution is 6.30. The van der Waals surface area contributed by atoms with Crippen LogP contribution < -0.4 is 5.32 Å². The van der Waals surface area contributed by atoms with E-state index in [1.807, 2.05) is 32.9 Å². The molecule has 1 saturated heterocycles. The van der Waals surface area contributed by atoms with Crippen molar-refractivity contribution in [2.75, 3.05) is 13.1 Å². The first-order valence-electron chi connectivity index (χ1n) is 10.9. The summed E-state index contributed by atoms with van der Waals surface area (Å²) < 4.78 is 0. The molecule has 0 radical (unpaired) electrons. The second-order valence-electron chi connectivity index (χ2n) is 10.8. The number of piperidine rings is 1. The lowest BCUT2D eigenvalue weighted by Gasteiger charge is -2.51. The number of aliphatic hydroxyl groups is 1. The van der Waals surface area contributed by atoms with Crippen molar-refractivity contribution in [3.8, 4) is 0 Å². The molecule has 1 aliphatic rings. The van der Waals surface area contributed by atoms with Gasteiger partial charge in [-0.3, -0.25) is 4.79 Å². The van der Waals surface area contributed by atoms with Crippen molar-refractivity contribution in [1.82, 2.24) is 10.2 Å². The molecule has 0 bridgehead atoms. The number of nitrogens with one attached hydrogen (secondary N) is 1. The SMILES string of the molecule is C[C@@H](CCC(C)(C)C)[C@@H](NC(=O)O)C(=O)N1CC[C@](O)(c2ccc(Cl)cc2)C(C)(C)C1. The van der Waals surface area contributed by atoms with Gasteiger partial charge in [-0.15, -0.1) is 0 Å². The second-order valence-corrected chi connectivity index (χ2v) is 11.2. The summed E-state index contributed by atoms with van der Waals surface area (Å²) in [5.41, 5.74) is -0.861. The fraction of sp³-hybridized carbons (Fsp3) is 0.667. The van der Waals surface area contributed by atoms with Crippen LogP contribution in [0.4, 0.5) is 4.79 Å². The van der Waals surface area contributed by atoms with Crippen LogP contribution in [0.2, 0.25) is 5.02 Å². The van der Waals surface area contributed by atoms with Crippen LogP contribution in [0.3, 0.4) is 0 Å². The molecule has 3 atom stereocenters. The fourth-order valence-electron chi connectivity index (χ4n) is 4.38. The van der Waals surface area contributed by atoms with Crippen LogP contribution in [0.5, 0.6) is 0 Å². The first-order chi connectivity index (χ1) is 14.2. The Kier molecular flexibility index (Phi) is 7.70. The van der Waals surface area contributed by atoms with Gasteiger partial charge in [-0.1, -0.05) is 65.3 Å². The van der Waals surface area contributed by atoms with Gasteiger partial charge in [0.2, 0.25) is 5.91 Å². The van der Waals surface area contributed by atoms with Gasteiger partial charge in [0.25, 0.3) is 0 Å². The molecule has 6 nitrogen and oxygen atoms in total. The molecule has 2 rings (SSSR count). The summed E-state index contributed by atoms with van der Waals surface area (Å²) in [5, 5.41) is 23.9. The van der Waals surface area contributed by atoms with Crippen LogP contribution in [-0.4, -0.2) is 46.2 Å². The lowest BCUT2D eigenvalue weighted by Crippen LogP contribution is -2.60. The summed E-state index contributed by atoms with van der Waals surface area (Å²) >= 11 is 6.00. The highest BCUT2D eigenvalue weighted by Crippen LogP contribution is 2.46. The van der Waals surface area contributed by atoms with Crippen molar-refractivity contribution >= 4 is 23.6 Å². The number of hydrogen-bond donors (Lipinski definition) is 3. The zero-order valence-electron chi connectivity index (χ0n) is 19.5. The summed E-state index contributed by atoms with van der Waals surface area (Å²) in [4.78, 5) is 26.5. The number of halogens is 1. The zero-order valence-corrected chi connectivity index (χ0v) is 20.3. The number of nitrogens with zero attached hydrogens (tertiary/aromatic N) is 1. The molecule has 2 amide bonds. The van der Waals surface area contributed by atoms with Gasteiger partial charge in [0.1, 0.15) is 6.04 Å². The van der Waals surface area contributed by atoms with E-state index in [-0.39, 0.29) is 17.2 Å². The van der Waals surface area contributed by atoms with Crippen molar-refractivity contribution in [3.63, 3.8) is 0 Å². The molecular weight excluding hydrogens is 416 g/mol. The predicted molar refractivity (Wildman–Crippen MR) is 123 cm³/mol. The molecular formula is C24H37ClN2O4. The summed E-state index contributed by atoms with van der Waals surface area (Å²) in [5.74, 6) is -0.363. The van der Waals surface area contributed by atoms with E-state index >= 15 is 0 Å². The topological polar surface area (TPSA) is 89.9 Å². The molecule has 0 saturated carbocycles. The highest BCUT2D eigenvalue weighted by Gasteiger charge is 2.50. The van der Waals surface area contributed by atoms with Gasteiger partial charge in [-0.2, -0.15) is 0 Å². The van der Waals surface area contributed by atoms with Crippen LogP contribution in [0.15, 0.2) is 24.3 Å². The molecule has 1 aromatic rings. The summed E-state index contributed by atoms with van der Waals surface area (Å²) in [6.07, 6.45) is 0.798. The van der Waals surface area contributed by atoms with Gasteiger partial charge >= 0.3 is 6.09 Å². The molecule has 1 fully saturated rings. The van der Waals surface area contributed by atoms with Crippen molar-refractivity contribution in [2.45, 2.75) is 72.4 Å². The van der Waals surface area contributed by atoms with Crippen LogP contribution in [-0.2, 0) is 10.4 Å². The third-order valence-electron chi connectivity index (χ3n) is 6.55. The van der Waals surface area contributed by atoms with E-state index in [4.69, 9.17) is 11.6 Å². The average molecular weight is 453 g/mol. The molecule has 0 spiro atoms. The maximum Gasteiger partial charge on any atom is 0.405 e. The zero-order chi connectivity index (χ0) is 23.6. The Balaban J connectivity index is 2.20. The smallest absolute Gasteiger partial charge is 0.405 e. The lowest BCUT2D eigenvalue weighted by atomic mass is 9.66. The quantitative estimate of drug-likeness (QED) is 0.573. The Labute approximate surface area is 191 Å². The van der Waals surface area contributed by atoms with Gasteiger partial charge in [0.05, 0.1) is 5.60 Å². The third-order valence-corrected chi connectivity index (χ3v) is 6.80. The normalized spacial score (nSPS) is 23.2. The first-order valence-corrected chi connectivity index (χ1v) is 11.3. The summed E-state index contributed by atoms with van der Waals surface area (Å²) in [6, 6.07) is 6.35. The van der Waals surface area contributed by atoms with Crippen LogP contribution in [0, 0.1) is 16.7 Å². The summed E-state index contributed by atoms with van der Waals surface area (Å²) in [6.45, 7) is 12.9. The molecule has 0 aliphatic carbocycles. The molecule has 31 heavy (non-hydrogen) atoms. The number of benzene rings is 1. The number of carboxylic acid groups (broad SMARTS) is 1. The van der Waals surface area contributed by atoms with E-state index in [9.17, 15) is 19.8 Å². The Bertz CT molecular complexity index is 788. The predicted octanol–water partition coefficient (Wildman–Crippen LogP) is 4.88. The Hall–Kier alpha value is -1.79. The van der Waals surface area contributed by atoms with E-state index < -0.39 is 23.2 Å². The maximum atomic E-state index is 13.4. The maximum absolute atomic E-state index is 13.4. The second kappa shape index (κ2) is 9.37. The van der Waals surface area contributed by atoms with Crippen LogP contribution in [0.25, 0.3) is 0 Å². The molecule has 0 unspecified atom stereocenters. The van der Waals surface area contributed by atoms with Crippen LogP contribution in [0.1, 0.15) is 66.4 Å². The van der Waals surface area contributed by atoms with E-state index in [0.717, 1.165) is 18.4 Å². The molecule has 1 heterocycles. The Morgan fingerprint density at radius 2 is 1.81 bits per heavy atom. The molecule has 174 valence electrons. The van der Waals surface area contributed by atoms with Gasteiger partial charge in [-0.05, 0) is 48.3 Å². The van der Waals surface area contributed by atoms with Gasteiger partial charge in [0.15, 0.2) is 0 Å². The fourth-order valence-corrected chi connectivity index (χ4v) is 4.50. The van der Waals surface area contributed by atoms with Crippen LogP contribution >= 0.6 is 11.6 Å². The van der Waals surface area contributed by atoms with Crippen molar-refractivity contribution < 1.29 is 19.8 Å². The summed E-state index contributed by atoms with van der Waals surface area (Å²) in [7, 11) is 0. The number of likely N-dealkylation sites (tertiary alicyclic amines) is 1. The minimum atomic E-state index is -1.20. The largest absolute Gasteiger partial charge is 0.465 e. The van der Waals surface area contributed by atoms with Crippen molar-refractivity contribution in [3.05, 3.63) is 34.9 Å². The number of amides is 2. The van der Waals surface area contributed by atoms with E-state index in [1.165, 1.54) is 0 Å². The first kappa shape index (κ1) is 25.5. The van der Waals surface area contributed by atoms with E-state index in [0.29, 0.717) is 24.5 Å². The third kappa shape index (κ3) is 6.13. The average Bonchev–Trinajstić information content (AvgIpc) is 2.65. The minimum Gasteiger partial charge on any atom is -0.465 e. The monoisotopic (exact) mass is 452 g/mol. The Morgan fingerprint density at radius 1 is 1.23 bits per heavy atom. The van der Waals surface area contributed by atoms with Crippen molar-refractivity contribution in [2.24, 2.45) is 16.7 Å². The van der Waals surface area contributed by atoms with Gasteiger partial charge in [-0.25, -0.2) is 4.79 Å². The number of hydrogen-bond acceptors (Lipinski definition) is 3. The molecule has 7 heteroatoms.